The molecule has 1 amide bonds. The van der Waals surface area contributed by atoms with Crippen LogP contribution in [0, 0.1) is 0 Å². The first kappa shape index (κ1) is 20.4. The van der Waals surface area contributed by atoms with Gasteiger partial charge in [0.2, 0.25) is 5.91 Å². The highest BCUT2D eigenvalue weighted by molar-refractivity contribution is 6.29. The predicted molar refractivity (Wildman–Crippen MR) is 123 cm³/mol. The van der Waals surface area contributed by atoms with Gasteiger partial charge in [0.15, 0.2) is 11.5 Å². The predicted octanol–water partition coefficient (Wildman–Crippen LogP) is 4.69. The van der Waals surface area contributed by atoms with Gasteiger partial charge in [0.1, 0.15) is 17.9 Å². The fourth-order valence-electron chi connectivity index (χ4n) is 4.03. The van der Waals surface area contributed by atoms with E-state index < -0.39 is 0 Å². The number of H-pyrrole nitrogens is 1. The van der Waals surface area contributed by atoms with Gasteiger partial charge in [0.05, 0.1) is 6.54 Å². The monoisotopic (exact) mass is 447 g/mol. The number of rotatable bonds is 6. The van der Waals surface area contributed by atoms with Crippen LogP contribution in [0.3, 0.4) is 0 Å². The van der Waals surface area contributed by atoms with Crippen molar-refractivity contribution in [2.45, 2.75) is 18.4 Å². The number of hydrogen-bond donors (Lipinski definition) is 2. The molecule has 32 heavy (non-hydrogen) atoms. The first-order valence-electron chi connectivity index (χ1n) is 10.5. The maximum atomic E-state index is 12.9. The Bertz CT molecular complexity index is 1240. The number of benzene rings is 2. The summed E-state index contributed by atoms with van der Waals surface area (Å²) in [6, 6.07) is 19.3. The molecule has 6 nitrogen and oxygen atoms in total. The molecule has 0 fully saturated rings. The topological polar surface area (TPSA) is 76.2 Å². The zero-order valence-corrected chi connectivity index (χ0v) is 18.0. The summed E-state index contributed by atoms with van der Waals surface area (Å²) in [5.41, 5.74) is 3.01. The van der Waals surface area contributed by atoms with Crippen molar-refractivity contribution in [1.29, 1.82) is 0 Å². The highest BCUT2D eigenvalue weighted by atomic mass is 35.5. The number of fused-ring (bicyclic) bond motifs is 2. The number of ether oxygens (including phenoxy) is 2. The molecule has 0 aliphatic carbocycles. The van der Waals surface area contributed by atoms with Crippen molar-refractivity contribution in [1.82, 2.24) is 15.3 Å². The zero-order chi connectivity index (χ0) is 21.9. The van der Waals surface area contributed by atoms with Gasteiger partial charge in [-0.15, -0.1) is 0 Å². The van der Waals surface area contributed by atoms with Crippen LogP contribution < -0.4 is 14.8 Å². The van der Waals surface area contributed by atoms with E-state index in [4.69, 9.17) is 21.1 Å². The molecule has 2 aromatic carbocycles. The molecule has 0 radical (unpaired) electrons. The van der Waals surface area contributed by atoms with Crippen molar-refractivity contribution in [2.24, 2.45) is 0 Å². The molecule has 7 heteroatoms. The third-order valence-corrected chi connectivity index (χ3v) is 5.86. The van der Waals surface area contributed by atoms with Crippen LogP contribution in [-0.2, 0) is 4.79 Å². The highest BCUT2D eigenvalue weighted by Gasteiger charge is 2.24. The van der Waals surface area contributed by atoms with Crippen LogP contribution in [0.15, 0.2) is 73.1 Å². The molecule has 3 heterocycles. The average Bonchev–Trinajstić information content (AvgIpc) is 3.26. The molecular weight excluding hydrogens is 426 g/mol. The Kier molecular flexibility index (Phi) is 5.69. The lowest BCUT2D eigenvalue weighted by Crippen LogP contribution is -2.41. The lowest BCUT2D eigenvalue weighted by molar-refractivity contribution is -0.121. The molecule has 0 saturated heterocycles. The third kappa shape index (κ3) is 4.27. The number of nitrogens with zero attached hydrogens (tertiary/aromatic N) is 1. The van der Waals surface area contributed by atoms with Crippen molar-refractivity contribution in [2.75, 3.05) is 13.2 Å². The SMILES string of the molecule is O=C(CC(c1ccc(Cl)nc1)c1c[nH]c2ccccc12)NCC1COc2ccccc2O1. The van der Waals surface area contributed by atoms with Crippen molar-refractivity contribution in [3.8, 4) is 11.5 Å². The average molecular weight is 448 g/mol. The summed E-state index contributed by atoms with van der Waals surface area (Å²) < 4.78 is 11.7. The van der Waals surface area contributed by atoms with Crippen molar-refractivity contribution in [3.05, 3.63) is 89.3 Å². The molecule has 1 aliphatic rings. The molecule has 0 spiro atoms. The number of para-hydroxylation sites is 3. The molecule has 162 valence electrons. The second kappa shape index (κ2) is 8.93. The van der Waals surface area contributed by atoms with E-state index >= 15 is 0 Å². The summed E-state index contributed by atoms with van der Waals surface area (Å²) in [7, 11) is 0. The molecule has 2 N–H and O–H groups in total. The summed E-state index contributed by atoms with van der Waals surface area (Å²) in [6.45, 7) is 0.761. The van der Waals surface area contributed by atoms with Gasteiger partial charge in [0, 0.05) is 35.6 Å². The number of halogens is 1. The molecule has 5 rings (SSSR count). The van der Waals surface area contributed by atoms with Crippen molar-refractivity contribution < 1.29 is 14.3 Å². The fourth-order valence-corrected chi connectivity index (χ4v) is 4.14. The van der Waals surface area contributed by atoms with E-state index in [-0.39, 0.29) is 24.3 Å². The van der Waals surface area contributed by atoms with E-state index in [0.717, 1.165) is 27.8 Å². The maximum absolute atomic E-state index is 12.9. The molecule has 0 bridgehead atoms. The standard InChI is InChI=1S/C25H22ClN3O3/c26-24-10-9-16(12-28-24)19(20-14-27-21-6-2-1-5-18(20)21)11-25(30)29-13-17-15-31-22-7-3-4-8-23(22)32-17/h1-10,12,14,17,19,27H,11,13,15H2,(H,29,30). The number of aromatic amines is 1. The minimum Gasteiger partial charge on any atom is -0.486 e. The number of carbonyl (C=O) groups excluding carboxylic acids is 1. The first-order valence-corrected chi connectivity index (χ1v) is 10.9. The lowest BCUT2D eigenvalue weighted by Gasteiger charge is -2.26. The minimum absolute atomic E-state index is 0.0716. The van der Waals surface area contributed by atoms with Crippen LogP contribution in [0.4, 0.5) is 0 Å². The van der Waals surface area contributed by atoms with Gasteiger partial charge in [0.25, 0.3) is 0 Å². The number of amides is 1. The van der Waals surface area contributed by atoms with Crippen LogP contribution in [0.5, 0.6) is 11.5 Å². The number of hydrogen-bond acceptors (Lipinski definition) is 4. The fraction of sp³-hybridized carbons (Fsp3) is 0.200. The molecule has 2 atom stereocenters. The summed E-state index contributed by atoms with van der Waals surface area (Å²) >= 11 is 5.99. The largest absolute Gasteiger partial charge is 0.486 e. The molecule has 0 saturated carbocycles. The Hall–Kier alpha value is -3.51. The summed E-state index contributed by atoms with van der Waals surface area (Å²) in [5.74, 6) is 1.18. The molecule has 1 aliphatic heterocycles. The summed E-state index contributed by atoms with van der Waals surface area (Å²) in [5, 5.41) is 4.51. The van der Waals surface area contributed by atoms with Crippen LogP contribution in [0.25, 0.3) is 10.9 Å². The molecule has 2 unspecified atom stereocenters. The van der Waals surface area contributed by atoms with Crippen molar-refractivity contribution in [3.63, 3.8) is 0 Å². The van der Waals surface area contributed by atoms with E-state index in [1.54, 1.807) is 12.3 Å². The molecular formula is C25H22ClN3O3. The zero-order valence-electron chi connectivity index (χ0n) is 17.3. The van der Waals surface area contributed by atoms with E-state index in [0.29, 0.717) is 24.1 Å². The van der Waals surface area contributed by atoms with Gasteiger partial charge in [-0.25, -0.2) is 4.98 Å². The number of carbonyl (C=O) groups is 1. The van der Waals surface area contributed by atoms with Gasteiger partial charge >= 0.3 is 0 Å². The van der Waals surface area contributed by atoms with E-state index in [9.17, 15) is 4.79 Å². The second-order valence-corrected chi connectivity index (χ2v) is 8.15. The number of nitrogens with one attached hydrogen (secondary N) is 2. The normalized spacial score (nSPS) is 16.0. The Balaban J connectivity index is 1.31. The van der Waals surface area contributed by atoms with Gasteiger partial charge in [-0.1, -0.05) is 48.0 Å². The van der Waals surface area contributed by atoms with Gasteiger partial charge in [-0.05, 0) is 35.4 Å². The highest BCUT2D eigenvalue weighted by Crippen LogP contribution is 2.34. The minimum atomic E-state index is -0.238. The lowest BCUT2D eigenvalue weighted by atomic mass is 9.89. The van der Waals surface area contributed by atoms with Crippen LogP contribution in [0.1, 0.15) is 23.5 Å². The molecule has 4 aromatic rings. The number of aromatic nitrogens is 2. The Labute approximate surface area is 190 Å². The van der Waals surface area contributed by atoms with Crippen LogP contribution in [0.2, 0.25) is 5.15 Å². The Morgan fingerprint density at radius 2 is 1.94 bits per heavy atom. The summed E-state index contributed by atoms with van der Waals surface area (Å²) in [6.07, 6.45) is 3.73. The van der Waals surface area contributed by atoms with E-state index in [1.807, 2.05) is 54.7 Å². The first-order chi connectivity index (χ1) is 15.7. The van der Waals surface area contributed by atoms with Gasteiger partial charge in [-0.2, -0.15) is 0 Å². The smallest absolute Gasteiger partial charge is 0.221 e. The Morgan fingerprint density at radius 3 is 2.78 bits per heavy atom. The van der Waals surface area contributed by atoms with Crippen molar-refractivity contribution >= 4 is 28.4 Å². The van der Waals surface area contributed by atoms with E-state index in [1.165, 1.54) is 0 Å². The number of pyridine rings is 1. The third-order valence-electron chi connectivity index (χ3n) is 5.63. The molecule has 2 aromatic heterocycles. The Morgan fingerprint density at radius 1 is 1.12 bits per heavy atom. The quantitative estimate of drug-likeness (QED) is 0.420. The maximum Gasteiger partial charge on any atom is 0.221 e. The van der Waals surface area contributed by atoms with Gasteiger partial charge in [-0.3, -0.25) is 4.79 Å². The summed E-state index contributed by atoms with van der Waals surface area (Å²) in [4.78, 5) is 20.5. The second-order valence-electron chi connectivity index (χ2n) is 7.76. The van der Waals surface area contributed by atoms with Gasteiger partial charge < -0.3 is 19.8 Å². The van der Waals surface area contributed by atoms with Crippen LogP contribution in [-0.4, -0.2) is 35.1 Å². The van der Waals surface area contributed by atoms with E-state index in [2.05, 4.69) is 21.4 Å². The van der Waals surface area contributed by atoms with Crippen LogP contribution >= 0.6 is 11.6 Å².